The van der Waals surface area contributed by atoms with Gasteiger partial charge in [0.2, 0.25) is 5.91 Å². The number of carbonyl (C=O) groups excluding carboxylic acids is 2. The van der Waals surface area contributed by atoms with Gasteiger partial charge in [0.25, 0.3) is 0 Å². The van der Waals surface area contributed by atoms with Crippen LogP contribution in [0.15, 0.2) is 120 Å². The van der Waals surface area contributed by atoms with Gasteiger partial charge in [-0.25, -0.2) is 4.79 Å². The Morgan fingerprint density at radius 3 is 1.69 bits per heavy atom. The summed E-state index contributed by atoms with van der Waals surface area (Å²) in [6.07, 6.45) is 0.298. The number of benzene rings is 4. The molecule has 35 heavy (non-hydrogen) atoms. The Bertz CT molecular complexity index is 1180. The van der Waals surface area contributed by atoms with E-state index in [2.05, 4.69) is 21.2 Å². The Morgan fingerprint density at radius 1 is 0.771 bits per heavy atom. The summed E-state index contributed by atoms with van der Waals surface area (Å²) in [5, 5.41) is 3.04. The van der Waals surface area contributed by atoms with E-state index in [1.165, 1.54) is 7.11 Å². The number of carbonyl (C=O) groups is 2. The van der Waals surface area contributed by atoms with E-state index >= 15 is 0 Å². The molecule has 4 nitrogen and oxygen atoms in total. The first-order valence-corrected chi connectivity index (χ1v) is 12.1. The van der Waals surface area contributed by atoms with Gasteiger partial charge < -0.3 is 10.1 Å². The smallest absolute Gasteiger partial charge is 0.328 e. The zero-order chi connectivity index (χ0) is 24.7. The van der Waals surface area contributed by atoms with Gasteiger partial charge in [0.05, 0.1) is 7.11 Å². The van der Waals surface area contributed by atoms with Crippen LogP contribution in [-0.2, 0) is 26.2 Å². The maximum atomic E-state index is 14.4. The first-order valence-electron chi connectivity index (χ1n) is 11.4. The Morgan fingerprint density at radius 2 is 1.26 bits per heavy atom. The minimum Gasteiger partial charge on any atom is -0.467 e. The number of ether oxygens (including phenoxy) is 1. The summed E-state index contributed by atoms with van der Waals surface area (Å²) in [7, 11) is 1.33. The molecule has 5 heteroatoms. The number of nitrogens with one attached hydrogen (secondary N) is 1. The highest BCUT2D eigenvalue weighted by molar-refractivity contribution is 9.10. The third-order valence-electron chi connectivity index (χ3n) is 6.08. The number of rotatable bonds is 8. The molecule has 0 saturated heterocycles. The molecule has 0 fully saturated rings. The number of hydrogen-bond donors (Lipinski definition) is 1. The fraction of sp³-hybridized carbons (Fsp3) is 0.133. The first kappa shape index (κ1) is 24.4. The SMILES string of the molecule is COC(=O)[C@H](Cc1cccc(Br)c1)NC(=O)C(c1ccccc1)(c1ccccc1)c1ccccc1. The van der Waals surface area contributed by atoms with Gasteiger partial charge in [0, 0.05) is 10.9 Å². The molecule has 0 bridgehead atoms. The molecule has 0 aliphatic rings. The van der Waals surface area contributed by atoms with Crippen molar-refractivity contribution in [2.45, 2.75) is 17.9 Å². The summed E-state index contributed by atoms with van der Waals surface area (Å²) in [5.74, 6) is -0.798. The molecule has 0 aliphatic carbocycles. The van der Waals surface area contributed by atoms with Crippen LogP contribution in [0, 0.1) is 0 Å². The van der Waals surface area contributed by atoms with Gasteiger partial charge in [0.1, 0.15) is 11.5 Å². The average Bonchev–Trinajstić information content (AvgIpc) is 2.90. The van der Waals surface area contributed by atoms with Crippen molar-refractivity contribution in [2.75, 3.05) is 7.11 Å². The van der Waals surface area contributed by atoms with Gasteiger partial charge in [-0.3, -0.25) is 4.79 Å². The van der Waals surface area contributed by atoms with Crippen molar-refractivity contribution in [3.05, 3.63) is 142 Å². The molecule has 0 heterocycles. The minimum atomic E-state index is -1.17. The molecular weight excluding hydrogens is 502 g/mol. The van der Waals surface area contributed by atoms with Gasteiger partial charge in [-0.15, -0.1) is 0 Å². The maximum absolute atomic E-state index is 14.4. The molecule has 1 N–H and O–H groups in total. The van der Waals surface area contributed by atoms with Crippen LogP contribution in [0.25, 0.3) is 0 Å². The summed E-state index contributed by atoms with van der Waals surface area (Å²) in [5.41, 5.74) is 2.15. The van der Waals surface area contributed by atoms with Crippen molar-refractivity contribution in [3.63, 3.8) is 0 Å². The summed E-state index contributed by atoms with van der Waals surface area (Å²) in [6, 6.07) is 35.8. The second-order valence-electron chi connectivity index (χ2n) is 8.23. The third kappa shape index (κ3) is 5.20. The van der Waals surface area contributed by atoms with Crippen LogP contribution in [0.1, 0.15) is 22.3 Å². The van der Waals surface area contributed by atoms with E-state index in [1.807, 2.05) is 115 Å². The molecule has 0 saturated carbocycles. The van der Waals surface area contributed by atoms with E-state index in [-0.39, 0.29) is 5.91 Å². The largest absolute Gasteiger partial charge is 0.467 e. The standard InChI is InChI=1S/C30H26BrNO3/c1-35-28(33)27(21-22-12-11-19-26(31)20-22)32-29(34)30(23-13-5-2-6-14-23,24-15-7-3-8-16-24)25-17-9-4-10-18-25/h2-20,27H,21H2,1H3,(H,32,34)/t27-/m0/s1. The molecule has 0 spiro atoms. The topological polar surface area (TPSA) is 55.4 Å². The summed E-state index contributed by atoms with van der Waals surface area (Å²) in [4.78, 5) is 27.3. The van der Waals surface area contributed by atoms with Gasteiger partial charge in [-0.1, -0.05) is 119 Å². The molecule has 1 amide bonds. The summed E-state index contributed by atoms with van der Waals surface area (Å²) in [6.45, 7) is 0. The highest BCUT2D eigenvalue weighted by atomic mass is 79.9. The Hall–Kier alpha value is -3.70. The van der Waals surface area contributed by atoms with Crippen LogP contribution in [0.4, 0.5) is 0 Å². The molecule has 1 atom stereocenters. The van der Waals surface area contributed by atoms with Crippen molar-refractivity contribution in [2.24, 2.45) is 0 Å². The molecule has 0 radical (unpaired) electrons. The van der Waals surface area contributed by atoms with E-state index < -0.39 is 17.4 Å². The number of esters is 1. The summed E-state index contributed by atoms with van der Waals surface area (Å²) >= 11 is 3.48. The molecule has 0 unspecified atom stereocenters. The number of halogens is 1. The predicted molar refractivity (Wildman–Crippen MR) is 141 cm³/mol. The van der Waals surface area contributed by atoms with Crippen molar-refractivity contribution in [1.82, 2.24) is 5.32 Å². The van der Waals surface area contributed by atoms with E-state index in [1.54, 1.807) is 0 Å². The van der Waals surface area contributed by atoms with E-state index in [9.17, 15) is 9.59 Å². The highest BCUT2D eigenvalue weighted by Gasteiger charge is 2.45. The van der Waals surface area contributed by atoms with Gasteiger partial charge in [0.15, 0.2) is 0 Å². The lowest BCUT2D eigenvalue weighted by Crippen LogP contribution is -2.52. The first-order chi connectivity index (χ1) is 17.1. The molecule has 0 aromatic heterocycles. The quantitative estimate of drug-likeness (QED) is 0.236. The molecule has 4 aromatic carbocycles. The van der Waals surface area contributed by atoms with Crippen LogP contribution in [-0.4, -0.2) is 25.0 Å². The molecular formula is C30H26BrNO3. The lowest BCUT2D eigenvalue weighted by Gasteiger charge is -2.35. The Balaban J connectivity index is 1.85. The second kappa shape index (κ2) is 11.2. The van der Waals surface area contributed by atoms with Crippen LogP contribution < -0.4 is 5.32 Å². The molecule has 4 rings (SSSR count). The number of hydrogen-bond acceptors (Lipinski definition) is 3. The Kier molecular flexibility index (Phi) is 7.78. The normalized spacial score (nSPS) is 11.9. The van der Waals surface area contributed by atoms with Gasteiger partial charge in [-0.2, -0.15) is 0 Å². The van der Waals surface area contributed by atoms with Crippen LogP contribution >= 0.6 is 15.9 Å². The average molecular weight is 528 g/mol. The number of amides is 1. The molecule has 176 valence electrons. The predicted octanol–water partition coefficient (Wildman–Crippen LogP) is 5.68. The zero-order valence-electron chi connectivity index (χ0n) is 19.4. The minimum absolute atomic E-state index is 0.298. The van der Waals surface area contributed by atoms with Crippen LogP contribution in [0.3, 0.4) is 0 Å². The van der Waals surface area contributed by atoms with Gasteiger partial charge >= 0.3 is 5.97 Å². The van der Waals surface area contributed by atoms with Crippen molar-refractivity contribution >= 4 is 27.8 Å². The van der Waals surface area contributed by atoms with Crippen LogP contribution in [0.5, 0.6) is 0 Å². The van der Waals surface area contributed by atoms with E-state index in [4.69, 9.17) is 4.74 Å². The zero-order valence-corrected chi connectivity index (χ0v) is 20.9. The van der Waals surface area contributed by atoms with E-state index in [0.717, 1.165) is 26.7 Å². The lowest BCUT2D eigenvalue weighted by atomic mass is 9.68. The third-order valence-corrected chi connectivity index (χ3v) is 6.57. The molecule has 0 aliphatic heterocycles. The molecule has 4 aromatic rings. The van der Waals surface area contributed by atoms with Gasteiger partial charge in [-0.05, 0) is 34.4 Å². The Labute approximate surface area is 214 Å². The highest BCUT2D eigenvalue weighted by Crippen LogP contribution is 2.39. The summed E-state index contributed by atoms with van der Waals surface area (Å²) < 4.78 is 5.98. The van der Waals surface area contributed by atoms with Crippen LogP contribution in [0.2, 0.25) is 0 Å². The maximum Gasteiger partial charge on any atom is 0.328 e. The number of methoxy groups -OCH3 is 1. The monoisotopic (exact) mass is 527 g/mol. The van der Waals surface area contributed by atoms with Crippen molar-refractivity contribution in [3.8, 4) is 0 Å². The second-order valence-corrected chi connectivity index (χ2v) is 9.15. The van der Waals surface area contributed by atoms with Crippen molar-refractivity contribution < 1.29 is 14.3 Å². The van der Waals surface area contributed by atoms with Crippen molar-refractivity contribution in [1.29, 1.82) is 0 Å². The lowest BCUT2D eigenvalue weighted by molar-refractivity contribution is -0.145. The van der Waals surface area contributed by atoms with E-state index in [0.29, 0.717) is 6.42 Å². The fourth-order valence-electron chi connectivity index (χ4n) is 4.46. The fourth-order valence-corrected chi connectivity index (χ4v) is 4.91.